The fourth-order valence-electron chi connectivity index (χ4n) is 4.52. The molecule has 1 aliphatic carbocycles. The van der Waals surface area contributed by atoms with Crippen molar-refractivity contribution >= 4 is 33.4 Å². The zero-order valence-corrected chi connectivity index (χ0v) is 25.6. The predicted molar refractivity (Wildman–Crippen MR) is 151 cm³/mol. The summed E-state index contributed by atoms with van der Waals surface area (Å²) in [5.74, 6) is -1.49. The second kappa shape index (κ2) is 12.6. The van der Waals surface area contributed by atoms with Crippen LogP contribution in [0.2, 0.25) is 0 Å². The second-order valence-corrected chi connectivity index (χ2v) is 12.7. The first-order valence-corrected chi connectivity index (χ1v) is 15.4. The van der Waals surface area contributed by atoms with Crippen molar-refractivity contribution in [3.8, 4) is 17.7 Å². The highest BCUT2D eigenvalue weighted by Crippen LogP contribution is 2.43. The summed E-state index contributed by atoms with van der Waals surface area (Å²) in [6.07, 6.45) is -5.56. The number of nitriles is 1. The Morgan fingerprint density at radius 3 is 2.60 bits per heavy atom. The van der Waals surface area contributed by atoms with Gasteiger partial charge in [-0.25, -0.2) is 13.2 Å². The van der Waals surface area contributed by atoms with Crippen LogP contribution in [0.15, 0.2) is 29.3 Å². The van der Waals surface area contributed by atoms with Gasteiger partial charge >= 0.3 is 12.3 Å². The minimum Gasteiger partial charge on any atom is -0.484 e. The van der Waals surface area contributed by atoms with Crippen LogP contribution in [0.3, 0.4) is 0 Å². The van der Waals surface area contributed by atoms with Crippen LogP contribution in [0.5, 0.6) is 11.6 Å². The SMILES string of the molecule is CCn1cc(S(=O)(=O)N2c3cc(NC(=O)OC(C)(C)C(F)(F)F)ccc3O[C@@H](CNC(=O)[C@@H]3C[C@@H]3C#N)[C@H]2C)c(OCCO)n1. The molecule has 1 aromatic carbocycles. The Morgan fingerprint density at radius 1 is 1.29 bits per heavy atom. The molecule has 45 heavy (non-hydrogen) atoms. The predicted octanol–water partition coefficient (Wildman–Crippen LogP) is 2.78. The van der Waals surface area contributed by atoms with Gasteiger partial charge < -0.3 is 24.6 Å². The molecule has 2 amide bonds. The van der Waals surface area contributed by atoms with Crippen molar-refractivity contribution in [3.63, 3.8) is 0 Å². The van der Waals surface area contributed by atoms with Crippen molar-refractivity contribution in [2.45, 2.75) is 69.5 Å². The number of sulfonamides is 1. The number of anilines is 2. The molecule has 246 valence electrons. The van der Waals surface area contributed by atoms with E-state index in [4.69, 9.17) is 14.7 Å². The van der Waals surface area contributed by atoms with Gasteiger partial charge in [-0.3, -0.25) is 19.1 Å². The largest absolute Gasteiger partial charge is 0.484 e. The van der Waals surface area contributed by atoms with E-state index in [1.807, 2.05) is 6.07 Å². The van der Waals surface area contributed by atoms with Crippen LogP contribution in [-0.4, -0.2) is 79.0 Å². The van der Waals surface area contributed by atoms with E-state index in [0.29, 0.717) is 20.3 Å². The third-order valence-corrected chi connectivity index (χ3v) is 9.20. The van der Waals surface area contributed by atoms with Gasteiger partial charge in [0.1, 0.15) is 18.5 Å². The molecule has 1 aromatic heterocycles. The average molecular weight is 659 g/mol. The van der Waals surface area contributed by atoms with Gasteiger partial charge in [0, 0.05) is 18.4 Å². The van der Waals surface area contributed by atoms with Crippen molar-refractivity contribution in [1.29, 1.82) is 5.26 Å². The van der Waals surface area contributed by atoms with Gasteiger partial charge in [0.05, 0.1) is 42.8 Å². The van der Waals surface area contributed by atoms with Gasteiger partial charge in [0.2, 0.25) is 11.5 Å². The van der Waals surface area contributed by atoms with Crippen molar-refractivity contribution in [2.75, 3.05) is 29.4 Å². The summed E-state index contributed by atoms with van der Waals surface area (Å²) in [7, 11) is -4.54. The molecular formula is C27H33F3N6O8S. The number of rotatable bonds is 11. The fraction of sp³-hybridized carbons (Fsp3) is 0.556. The molecule has 0 spiro atoms. The van der Waals surface area contributed by atoms with Gasteiger partial charge in [-0.2, -0.15) is 18.4 Å². The summed E-state index contributed by atoms with van der Waals surface area (Å²) in [6.45, 7) is 4.09. The number of aromatic nitrogens is 2. The highest BCUT2D eigenvalue weighted by molar-refractivity contribution is 7.93. The lowest BCUT2D eigenvalue weighted by Gasteiger charge is -2.41. The summed E-state index contributed by atoms with van der Waals surface area (Å²) >= 11 is 0. The Labute approximate surface area is 257 Å². The molecular weight excluding hydrogens is 625 g/mol. The number of nitrogens with zero attached hydrogens (tertiary/aromatic N) is 4. The van der Waals surface area contributed by atoms with Gasteiger partial charge in [-0.1, -0.05) is 0 Å². The number of benzene rings is 1. The molecule has 2 aromatic rings. The van der Waals surface area contributed by atoms with Crippen LogP contribution < -0.4 is 24.4 Å². The smallest absolute Gasteiger partial charge is 0.427 e. The average Bonchev–Trinajstić information content (AvgIpc) is 3.63. The van der Waals surface area contributed by atoms with Crippen LogP contribution in [0.4, 0.5) is 29.3 Å². The minimum absolute atomic E-state index is 0.0208. The van der Waals surface area contributed by atoms with Gasteiger partial charge in [-0.15, -0.1) is 5.10 Å². The van der Waals surface area contributed by atoms with Crippen molar-refractivity contribution < 1.29 is 50.5 Å². The van der Waals surface area contributed by atoms with E-state index in [1.54, 1.807) is 6.92 Å². The molecule has 1 aliphatic heterocycles. The summed E-state index contributed by atoms with van der Waals surface area (Å²) < 4.78 is 86.7. The highest BCUT2D eigenvalue weighted by Gasteiger charge is 2.51. The molecule has 2 heterocycles. The van der Waals surface area contributed by atoms with E-state index < -0.39 is 52.6 Å². The molecule has 0 radical (unpaired) electrons. The quantitative estimate of drug-likeness (QED) is 0.324. The zero-order chi connectivity index (χ0) is 33.3. The molecule has 3 N–H and O–H groups in total. The number of aliphatic hydroxyl groups excluding tert-OH is 1. The summed E-state index contributed by atoms with van der Waals surface area (Å²) in [5, 5.41) is 27.3. The van der Waals surface area contributed by atoms with Crippen LogP contribution in [-0.2, 0) is 26.1 Å². The molecule has 18 heteroatoms. The first-order chi connectivity index (χ1) is 21.0. The van der Waals surface area contributed by atoms with E-state index in [9.17, 15) is 36.3 Å². The van der Waals surface area contributed by atoms with E-state index in [-0.39, 0.29) is 59.4 Å². The molecule has 1 saturated carbocycles. The van der Waals surface area contributed by atoms with E-state index >= 15 is 0 Å². The molecule has 2 aliphatic rings. The zero-order valence-electron chi connectivity index (χ0n) is 24.8. The van der Waals surface area contributed by atoms with E-state index in [2.05, 4.69) is 20.5 Å². The monoisotopic (exact) mass is 658 g/mol. The number of nitrogens with one attached hydrogen (secondary N) is 2. The van der Waals surface area contributed by atoms with Crippen LogP contribution >= 0.6 is 0 Å². The lowest BCUT2D eigenvalue weighted by atomic mass is 10.1. The maximum absolute atomic E-state index is 14.3. The number of aliphatic hydroxyl groups is 1. The fourth-order valence-corrected chi connectivity index (χ4v) is 6.29. The summed E-state index contributed by atoms with van der Waals surface area (Å²) in [5.41, 5.74) is -2.99. The Hall–Kier alpha value is -4.24. The Morgan fingerprint density at radius 2 is 2.00 bits per heavy atom. The van der Waals surface area contributed by atoms with Crippen LogP contribution in [0.1, 0.15) is 34.1 Å². The first kappa shape index (κ1) is 33.6. The number of hydrogen-bond acceptors (Lipinski definition) is 10. The van der Waals surface area contributed by atoms with Gasteiger partial charge in [0.15, 0.2) is 4.90 Å². The van der Waals surface area contributed by atoms with Crippen molar-refractivity contribution in [3.05, 3.63) is 24.4 Å². The Bertz CT molecular complexity index is 1590. The second-order valence-electron chi connectivity index (χ2n) is 11.0. The molecule has 4 rings (SSSR count). The van der Waals surface area contributed by atoms with Crippen LogP contribution in [0, 0.1) is 23.2 Å². The number of carbonyl (C=O) groups is 2. The van der Waals surface area contributed by atoms with E-state index in [1.165, 1.54) is 36.0 Å². The minimum atomic E-state index is -4.85. The number of halogens is 3. The van der Waals surface area contributed by atoms with E-state index in [0.717, 1.165) is 4.31 Å². The van der Waals surface area contributed by atoms with Crippen molar-refractivity contribution in [1.82, 2.24) is 15.1 Å². The maximum Gasteiger partial charge on any atom is 0.427 e. The van der Waals surface area contributed by atoms with Crippen molar-refractivity contribution in [2.24, 2.45) is 11.8 Å². The summed E-state index contributed by atoms with van der Waals surface area (Å²) in [6, 6.07) is 4.82. The standard InChI is InChI=1S/C27H33F3N6O8S/c1-5-35-14-22(24(34-35)42-9-8-37)45(40,41)36-15(2)21(13-32-23(38)18-10-16(18)12-31)43-20-7-6-17(11-19(20)36)33-25(39)44-26(3,4)27(28,29)30/h6-7,11,14-16,18,21,37H,5,8-10,13H2,1-4H3,(H,32,38)(H,33,39)/t15-,16-,18-,21+/m1/s1. The molecule has 0 bridgehead atoms. The number of amides is 2. The highest BCUT2D eigenvalue weighted by atomic mass is 32.2. The van der Waals surface area contributed by atoms with Gasteiger partial charge in [0.25, 0.3) is 15.9 Å². The summed E-state index contributed by atoms with van der Waals surface area (Å²) in [4.78, 5) is 24.6. The maximum atomic E-state index is 14.3. The lowest BCUT2D eigenvalue weighted by molar-refractivity contribution is -0.242. The molecule has 4 atom stereocenters. The number of ether oxygens (including phenoxy) is 3. The number of carbonyl (C=O) groups excluding carboxylic acids is 2. The Balaban J connectivity index is 1.70. The van der Waals surface area contributed by atoms with Crippen LogP contribution in [0.25, 0.3) is 0 Å². The molecule has 14 nitrogen and oxygen atoms in total. The molecule has 1 fully saturated rings. The van der Waals surface area contributed by atoms with Gasteiger partial charge in [-0.05, 0) is 52.3 Å². The first-order valence-electron chi connectivity index (χ1n) is 13.9. The topological polar surface area (TPSA) is 185 Å². The number of aryl methyl sites for hydroxylation is 1. The number of alkyl halides is 3. The third-order valence-electron chi connectivity index (χ3n) is 7.32. The molecule has 0 unspecified atom stereocenters. The Kier molecular flexibility index (Phi) is 9.45. The third kappa shape index (κ3) is 7.04. The number of fused-ring (bicyclic) bond motifs is 1. The normalized spacial score (nSPS) is 21.2. The number of hydrogen-bond donors (Lipinski definition) is 3. The lowest BCUT2D eigenvalue weighted by Crippen LogP contribution is -2.54. The molecule has 0 saturated heterocycles.